The molecular formula is C16H20N2O3. The molecule has 1 aliphatic heterocycles. The van der Waals surface area contributed by atoms with E-state index in [1.54, 1.807) is 6.07 Å². The zero-order chi connectivity index (χ0) is 15.0. The van der Waals surface area contributed by atoms with Gasteiger partial charge in [-0.15, -0.1) is 0 Å². The fourth-order valence-electron chi connectivity index (χ4n) is 2.91. The van der Waals surface area contributed by atoms with Gasteiger partial charge in [-0.1, -0.05) is 18.2 Å². The Labute approximate surface area is 123 Å². The fourth-order valence-corrected chi connectivity index (χ4v) is 2.91. The molecule has 1 unspecified atom stereocenters. The molecule has 1 saturated heterocycles. The Bertz CT molecular complexity index is 665. The number of carboxylic acid groups (broad SMARTS) is 1. The third kappa shape index (κ3) is 2.66. The lowest BCUT2D eigenvalue weighted by Gasteiger charge is -2.37. The van der Waals surface area contributed by atoms with Crippen LogP contribution in [0.3, 0.4) is 0 Å². The second kappa shape index (κ2) is 5.50. The minimum absolute atomic E-state index is 0.303. The number of furan rings is 1. The topological polar surface area (TPSA) is 56.9 Å². The summed E-state index contributed by atoms with van der Waals surface area (Å²) in [7, 11) is 2.12. The van der Waals surface area contributed by atoms with Crippen molar-refractivity contribution in [1.29, 1.82) is 0 Å². The molecule has 0 spiro atoms. The lowest BCUT2D eigenvalue weighted by molar-refractivity contribution is 0.0688. The second-order valence-corrected chi connectivity index (χ2v) is 5.77. The number of benzene rings is 1. The lowest BCUT2D eigenvalue weighted by Crippen LogP contribution is -2.49. The largest absolute Gasteiger partial charge is 0.478 e. The molecule has 0 radical (unpaired) electrons. The number of rotatable bonds is 3. The molecule has 1 aliphatic rings. The van der Waals surface area contributed by atoms with Gasteiger partial charge < -0.3 is 14.4 Å². The van der Waals surface area contributed by atoms with Gasteiger partial charge in [-0.3, -0.25) is 4.90 Å². The van der Waals surface area contributed by atoms with E-state index in [0.29, 0.717) is 34.9 Å². The highest BCUT2D eigenvalue weighted by molar-refractivity contribution is 6.03. The first-order chi connectivity index (χ1) is 10.1. The van der Waals surface area contributed by atoms with Crippen LogP contribution in [-0.2, 0) is 6.54 Å². The number of hydrogen-bond donors (Lipinski definition) is 1. The summed E-state index contributed by atoms with van der Waals surface area (Å²) in [4.78, 5) is 16.1. The van der Waals surface area contributed by atoms with Crippen LogP contribution < -0.4 is 0 Å². The monoisotopic (exact) mass is 288 g/mol. The van der Waals surface area contributed by atoms with Crippen LogP contribution in [0.25, 0.3) is 11.0 Å². The van der Waals surface area contributed by atoms with Crippen molar-refractivity contribution in [2.24, 2.45) is 0 Å². The van der Waals surface area contributed by atoms with Crippen molar-refractivity contribution >= 4 is 16.9 Å². The molecule has 0 aliphatic carbocycles. The molecule has 112 valence electrons. The van der Waals surface area contributed by atoms with E-state index in [9.17, 15) is 9.90 Å². The molecule has 1 fully saturated rings. The molecule has 1 atom stereocenters. The van der Waals surface area contributed by atoms with Crippen LogP contribution in [0.2, 0.25) is 0 Å². The van der Waals surface area contributed by atoms with Gasteiger partial charge in [-0.05, 0) is 20.0 Å². The molecule has 0 bridgehead atoms. The number of hydrogen-bond acceptors (Lipinski definition) is 4. The zero-order valence-electron chi connectivity index (χ0n) is 12.4. The van der Waals surface area contributed by atoms with Gasteiger partial charge in [0.25, 0.3) is 0 Å². The molecule has 2 aromatic rings. The highest BCUT2D eigenvalue weighted by Crippen LogP contribution is 2.27. The maximum absolute atomic E-state index is 11.6. The summed E-state index contributed by atoms with van der Waals surface area (Å²) in [6, 6.07) is 7.79. The van der Waals surface area contributed by atoms with Gasteiger partial charge in [0, 0.05) is 31.1 Å². The molecule has 2 heterocycles. The average Bonchev–Trinajstić information content (AvgIpc) is 2.80. The van der Waals surface area contributed by atoms with Crippen LogP contribution >= 0.6 is 0 Å². The summed E-state index contributed by atoms with van der Waals surface area (Å²) < 4.78 is 5.79. The summed E-state index contributed by atoms with van der Waals surface area (Å²) in [5.74, 6) is -0.363. The molecule has 1 aromatic heterocycles. The fraction of sp³-hybridized carbons (Fsp3) is 0.438. The van der Waals surface area contributed by atoms with E-state index in [4.69, 9.17) is 4.42 Å². The highest BCUT2D eigenvalue weighted by atomic mass is 16.4. The quantitative estimate of drug-likeness (QED) is 0.939. The SMILES string of the molecule is CC1CN(Cc2oc3ccccc3c2C(=O)O)CCN1C. The van der Waals surface area contributed by atoms with E-state index < -0.39 is 5.97 Å². The van der Waals surface area contributed by atoms with E-state index in [-0.39, 0.29) is 0 Å². The third-order valence-electron chi connectivity index (χ3n) is 4.29. The first kappa shape index (κ1) is 14.1. The number of fused-ring (bicyclic) bond motifs is 1. The minimum atomic E-state index is -0.919. The number of likely N-dealkylation sites (N-methyl/N-ethyl adjacent to an activating group) is 1. The van der Waals surface area contributed by atoms with Crippen molar-refractivity contribution in [1.82, 2.24) is 9.80 Å². The molecule has 0 amide bonds. The molecule has 21 heavy (non-hydrogen) atoms. The maximum Gasteiger partial charge on any atom is 0.339 e. The van der Waals surface area contributed by atoms with Gasteiger partial charge in [0.2, 0.25) is 0 Å². The van der Waals surface area contributed by atoms with Gasteiger partial charge in [-0.2, -0.15) is 0 Å². The Morgan fingerprint density at radius 2 is 2.14 bits per heavy atom. The summed E-state index contributed by atoms with van der Waals surface area (Å²) in [5, 5.41) is 10.2. The van der Waals surface area contributed by atoms with Crippen molar-refractivity contribution < 1.29 is 14.3 Å². The van der Waals surface area contributed by atoms with Crippen LogP contribution in [0.15, 0.2) is 28.7 Å². The Morgan fingerprint density at radius 3 is 2.86 bits per heavy atom. The normalized spacial score (nSPS) is 21.0. The predicted octanol–water partition coefficient (Wildman–Crippen LogP) is 2.27. The van der Waals surface area contributed by atoms with E-state index >= 15 is 0 Å². The molecule has 1 aromatic carbocycles. The number of nitrogens with zero attached hydrogens (tertiary/aromatic N) is 2. The summed E-state index contributed by atoms with van der Waals surface area (Å²) in [6.45, 7) is 5.57. The predicted molar refractivity (Wildman–Crippen MR) is 80.5 cm³/mol. The molecular weight excluding hydrogens is 268 g/mol. The Morgan fingerprint density at radius 1 is 1.38 bits per heavy atom. The van der Waals surface area contributed by atoms with Crippen molar-refractivity contribution in [3.63, 3.8) is 0 Å². The van der Waals surface area contributed by atoms with E-state index in [1.807, 2.05) is 18.2 Å². The second-order valence-electron chi connectivity index (χ2n) is 5.77. The summed E-state index contributed by atoms with van der Waals surface area (Å²) in [5.41, 5.74) is 0.948. The number of piperazine rings is 1. The Kier molecular flexibility index (Phi) is 3.69. The van der Waals surface area contributed by atoms with Crippen molar-refractivity contribution in [2.75, 3.05) is 26.7 Å². The minimum Gasteiger partial charge on any atom is -0.478 e. The van der Waals surface area contributed by atoms with E-state index in [2.05, 4.69) is 23.8 Å². The molecule has 5 heteroatoms. The first-order valence-electron chi connectivity index (χ1n) is 7.22. The van der Waals surface area contributed by atoms with Crippen molar-refractivity contribution in [3.05, 3.63) is 35.6 Å². The Balaban J connectivity index is 1.90. The van der Waals surface area contributed by atoms with E-state index in [1.165, 1.54) is 0 Å². The molecule has 5 nitrogen and oxygen atoms in total. The summed E-state index contributed by atoms with van der Waals surface area (Å²) in [6.07, 6.45) is 0. The van der Waals surface area contributed by atoms with Crippen molar-refractivity contribution in [2.45, 2.75) is 19.5 Å². The van der Waals surface area contributed by atoms with Crippen LogP contribution in [-0.4, -0.2) is 53.6 Å². The maximum atomic E-state index is 11.6. The van der Waals surface area contributed by atoms with E-state index in [0.717, 1.165) is 19.6 Å². The number of carboxylic acids is 1. The Hall–Kier alpha value is -1.85. The van der Waals surface area contributed by atoms with Crippen LogP contribution in [0.1, 0.15) is 23.0 Å². The zero-order valence-corrected chi connectivity index (χ0v) is 12.4. The standard InChI is InChI=1S/C16H20N2O3/c1-11-9-18(8-7-17(11)2)10-14-15(16(19)20)12-5-3-4-6-13(12)21-14/h3-6,11H,7-10H2,1-2H3,(H,19,20). The average molecular weight is 288 g/mol. The van der Waals surface area contributed by atoms with Crippen LogP contribution in [0.4, 0.5) is 0 Å². The third-order valence-corrected chi connectivity index (χ3v) is 4.29. The van der Waals surface area contributed by atoms with Gasteiger partial charge in [-0.25, -0.2) is 4.79 Å². The van der Waals surface area contributed by atoms with Crippen molar-refractivity contribution in [3.8, 4) is 0 Å². The number of aromatic carboxylic acids is 1. The first-order valence-corrected chi connectivity index (χ1v) is 7.22. The van der Waals surface area contributed by atoms with Crippen LogP contribution in [0, 0.1) is 0 Å². The smallest absolute Gasteiger partial charge is 0.339 e. The van der Waals surface area contributed by atoms with Crippen LogP contribution in [0.5, 0.6) is 0 Å². The summed E-state index contributed by atoms with van der Waals surface area (Å²) >= 11 is 0. The van der Waals surface area contributed by atoms with Gasteiger partial charge in [0.1, 0.15) is 16.9 Å². The lowest BCUT2D eigenvalue weighted by atomic mass is 10.1. The molecule has 0 saturated carbocycles. The van der Waals surface area contributed by atoms with Gasteiger partial charge in [0.05, 0.1) is 6.54 Å². The molecule has 3 rings (SSSR count). The van der Waals surface area contributed by atoms with Gasteiger partial charge >= 0.3 is 5.97 Å². The number of para-hydroxylation sites is 1. The number of carbonyl (C=O) groups is 1. The molecule has 1 N–H and O–H groups in total. The highest BCUT2D eigenvalue weighted by Gasteiger charge is 2.25. The van der Waals surface area contributed by atoms with Gasteiger partial charge in [0.15, 0.2) is 0 Å².